The summed E-state index contributed by atoms with van der Waals surface area (Å²) in [5.74, 6) is -3.25. The van der Waals surface area contributed by atoms with Crippen LogP contribution in [0.5, 0.6) is 0 Å². The second kappa shape index (κ2) is 7.50. The number of aromatic nitrogens is 1. The van der Waals surface area contributed by atoms with Crippen LogP contribution in [0, 0.1) is 11.6 Å². The first-order valence-corrected chi connectivity index (χ1v) is 10.4. The molecule has 30 heavy (non-hydrogen) atoms. The number of halogens is 6. The fraction of sp³-hybridized carbons (Fsp3) is 0.353. The Morgan fingerprint density at radius 1 is 1.23 bits per heavy atom. The normalized spacial score (nSPS) is 16.2. The Morgan fingerprint density at radius 3 is 2.40 bits per heavy atom. The van der Waals surface area contributed by atoms with Crippen molar-refractivity contribution in [2.24, 2.45) is 7.05 Å². The van der Waals surface area contributed by atoms with Crippen LogP contribution in [0.3, 0.4) is 0 Å². The van der Waals surface area contributed by atoms with Crippen LogP contribution in [0.15, 0.2) is 29.3 Å². The smallest absolute Gasteiger partial charge is 0.345 e. The number of alkyl halides is 3. The van der Waals surface area contributed by atoms with Gasteiger partial charge in [0, 0.05) is 13.2 Å². The third-order valence-corrected chi connectivity index (χ3v) is 6.74. The molecule has 2 aromatic rings. The van der Waals surface area contributed by atoms with E-state index in [4.69, 9.17) is 11.6 Å². The number of nitrogens with zero attached hydrogens (tertiary/aromatic N) is 1. The summed E-state index contributed by atoms with van der Waals surface area (Å²) in [6.45, 7) is 0. The average Bonchev–Trinajstić information content (AvgIpc) is 3.00. The molecular weight excluding hydrogens is 457 g/mol. The molecule has 0 saturated heterocycles. The van der Waals surface area contributed by atoms with Gasteiger partial charge in [-0.2, -0.15) is 17.9 Å². The van der Waals surface area contributed by atoms with E-state index in [0.29, 0.717) is 0 Å². The molecule has 3 rings (SSSR count). The van der Waals surface area contributed by atoms with Crippen molar-refractivity contribution in [2.45, 2.75) is 35.9 Å². The van der Waals surface area contributed by atoms with E-state index in [0.717, 1.165) is 29.0 Å². The predicted molar refractivity (Wildman–Crippen MR) is 97.7 cm³/mol. The van der Waals surface area contributed by atoms with Crippen molar-refractivity contribution in [2.75, 3.05) is 5.32 Å². The van der Waals surface area contributed by atoms with E-state index in [1.54, 1.807) is 4.72 Å². The first-order chi connectivity index (χ1) is 13.8. The molecule has 0 spiro atoms. The summed E-state index contributed by atoms with van der Waals surface area (Å²) in [4.78, 5) is 11.8. The number of anilines is 1. The van der Waals surface area contributed by atoms with Crippen LogP contribution in [0.4, 0.5) is 27.6 Å². The summed E-state index contributed by atoms with van der Waals surface area (Å²) >= 11 is 5.44. The van der Waals surface area contributed by atoms with Gasteiger partial charge in [0.1, 0.15) is 27.0 Å². The summed E-state index contributed by atoms with van der Waals surface area (Å²) in [7, 11) is -3.32. The molecule has 1 aliphatic carbocycles. The Hall–Kier alpha value is -2.18. The van der Waals surface area contributed by atoms with Gasteiger partial charge in [-0.3, -0.25) is 4.79 Å². The molecule has 0 aliphatic heterocycles. The molecule has 1 aromatic heterocycles. The van der Waals surface area contributed by atoms with Gasteiger partial charge in [0.25, 0.3) is 5.91 Å². The van der Waals surface area contributed by atoms with Gasteiger partial charge in [-0.25, -0.2) is 17.2 Å². The van der Waals surface area contributed by atoms with Crippen LogP contribution in [-0.2, 0) is 17.1 Å². The van der Waals surface area contributed by atoms with Crippen LogP contribution in [0.2, 0.25) is 5.02 Å². The number of hydrogen-bond donors (Lipinski definition) is 2. The molecule has 164 valence electrons. The molecule has 2 N–H and O–H groups in total. The van der Waals surface area contributed by atoms with Gasteiger partial charge in [0.2, 0.25) is 10.0 Å². The highest BCUT2D eigenvalue weighted by atomic mass is 35.5. The van der Waals surface area contributed by atoms with Gasteiger partial charge in [0.05, 0.1) is 5.69 Å². The highest BCUT2D eigenvalue weighted by Gasteiger charge is 2.60. The quantitative estimate of drug-likeness (QED) is 0.511. The molecule has 1 fully saturated rings. The summed E-state index contributed by atoms with van der Waals surface area (Å²) in [6, 6.07) is 2.59. The van der Waals surface area contributed by atoms with Gasteiger partial charge < -0.3 is 9.88 Å². The molecule has 1 heterocycles. The van der Waals surface area contributed by atoms with Crippen molar-refractivity contribution in [3.8, 4) is 0 Å². The Balaban J connectivity index is 1.86. The number of sulfonamides is 1. The SMILES string of the molecule is Cn1cc(S(=O)(=O)NC2(C(F)(F)F)CCC2)cc1C(=O)Nc1ccc(F)c(Cl)c1F. The molecular formula is C17H15ClF5N3O3S. The van der Waals surface area contributed by atoms with Crippen molar-refractivity contribution >= 4 is 33.2 Å². The Morgan fingerprint density at radius 2 is 1.87 bits per heavy atom. The standard InChI is InChI=1S/C17H15ClF5N3O3S/c1-26-8-9(30(28,29)25-16(5-2-6-16)17(21,22)23)7-12(26)15(27)24-11-4-3-10(19)13(18)14(11)20/h3-4,7-8,25H,2,5-6H2,1H3,(H,24,27). The van der Waals surface area contributed by atoms with Crippen molar-refractivity contribution in [3.05, 3.63) is 46.7 Å². The number of nitrogens with one attached hydrogen (secondary N) is 2. The van der Waals surface area contributed by atoms with E-state index in [1.807, 2.05) is 0 Å². The van der Waals surface area contributed by atoms with Crippen molar-refractivity contribution < 1.29 is 35.2 Å². The molecule has 13 heteroatoms. The van der Waals surface area contributed by atoms with Crippen LogP contribution in [-0.4, -0.2) is 30.6 Å². The van der Waals surface area contributed by atoms with E-state index < -0.39 is 54.9 Å². The van der Waals surface area contributed by atoms with Crippen LogP contribution < -0.4 is 10.0 Å². The predicted octanol–water partition coefficient (Wildman–Crippen LogP) is 3.97. The minimum Gasteiger partial charge on any atom is -0.345 e. The van der Waals surface area contributed by atoms with Gasteiger partial charge in [0.15, 0.2) is 5.82 Å². The summed E-state index contributed by atoms with van der Waals surface area (Å²) in [6.07, 6.45) is -4.38. The van der Waals surface area contributed by atoms with E-state index in [-0.39, 0.29) is 25.0 Å². The maximum Gasteiger partial charge on any atom is 0.407 e. The molecule has 0 atom stereocenters. The number of rotatable bonds is 5. The minimum absolute atomic E-state index is 0.219. The van der Waals surface area contributed by atoms with Crippen LogP contribution >= 0.6 is 11.6 Å². The number of carbonyl (C=O) groups is 1. The van der Waals surface area contributed by atoms with E-state index in [9.17, 15) is 35.2 Å². The number of benzene rings is 1. The Bertz CT molecular complexity index is 1110. The molecule has 1 aromatic carbocycles. The molecule has 1 aliphatic rings. The van der Waals surface area contributed by atoms with Crippen LogP contribution in [0.25, 0.3) is 0 Å². The molecule has 0 unspecified atom stereocenters. The highest BCUT2D eigenvalue weighted by Crippen LogP contribution is 2.46. The lowest BCUT2D eigenvalue weighted by atomic mass is 9.77. The zero-order chi connectivity index (χ0) is 22.5. The van der Waals surface area contributed by atoms with E-state index in [1.165, 1.54) is 7.05 Å². The fourth-order valence-electron chi connectivity index (χ4n) is 3.01. The van der Waals surface area contributed by atoms with E-state index >= 15 is 0 Å². The lowest BCUT2D eigenvalue weighted by Crippen LogP contribution is -2.62. The highest BCUT2D eigenvalue weighted by molar-refractivity contribution is 7.89. The zero-order valence-electron chi connectivity index (χ0n) is 15.3. The third-order valence-electron chi connectivity index (χ3n) is 4.89. The van der Waals surface area contributed by atoms with Gasteiger partial charge in [-0.05, 0) is 37.5 Å². The van der Waals surface area contributed by atoms with Crippen LogP contribution in [0.1, 0.15) is 29.8 Å². The van der Waals surface area contributed by atoms with E-state index in [2.05, 4.69) is 5.32 Å². The molecule has 0 radical (unpaired) electrons. The monoisotopic (exact) mass is 471 g/mol. The summed E-state index contributed by atoms with van der Waals surface area (Å²) in [5.41, 5.74) is -3.29. The second-order valence-corrected chi connectivity index (χ2v) is 8.95. The third kappa shape index (κ3) is 3.91. The Kier molecular flexibility index (Phi) is 5.63. The van der Waals surface area contributed by atoms with Crippen molar-refractivity contribution in [1.82, 2.24) is 9.29 Å². The first-order valence-electron chi connectivity index (χ1n) is 8.49. The lowest BCUT2D eigenvalue weighted by molar-refractivity contribution is -0.212. The summed E-state index contributed by atoms with van der Waals surface area (Å²) in [5, 5.41) is 1.27. The Labute approximate surface area is 173 Å². The fourth-order valence-corrected chi connectivity index (χ4v) is 4.69. The average molecular weight is 472 g/mol. The van der Waals surface area contributed by atoms with Gasteiger partial charge in [-0.15, -0.1) is 0 Å². The maximum absolute atomic E-state index is 14.0. The molecule has 1 saturated carbocycles. The topological polar surface area (TPSA) is 80.2 Å². The largest absolute Gasteiger partial charge is 0.407 e. The van der Waals surface area contributed by atoms with Gasteiger partial charge >= 0.3 is 6.18 Å². The summed E-state index contributed by atoms with van der Waals surface area (Å²) < 4.78 is 94.8. The number of hydrogen-bond acceptors (Lipinski definition) is 3. The number of aryl methyl sites for hydroxylation is 1. The minimum atomic E-state index is -4.77. The zero-order valence-corrected chi connectivity index (χ0v) is 16.9. The molecule has 6 nitrogen and oxygen atoms in total. The molecule has 0 bridgehead atoms. The first kappa shape index (κ1) is 22.5. The molecule has 1 amide bonds. The second-order valence-electron chi connectivity index (χ2n) is 6.89. The maximum atomic E-state index is 14.0. The van der Waals surface area contributed by atoms with Gasteiger partial charge in [-0.1, -0.05) is 11.6 Å². The number of amides is 1. The lowest BCUT2D eigenvalue weighted by Gasteiger charge is -2.43. The van der Waals surface area contributed by atoms with Crippen molar-refractivity contribution in [3.63, 3.8) is 0 Å². The van der Waals surface area contributed by atoms with Crippen molar-refractivity contribution in [1.29, 1.82) is 0 Å². The number of carbonyl (C=O) groups excluding carboxylic acids is 1.